The monoisotopic (exact) mass is 421 g/mol. The molecule has 162 valence electrons. The van der Waals surface area contributed by atoms with Crippen LogP contribution in [0.25, 0.3) is 16.9 Å². The van der Waals surface area contributed by atoms with Crippen LogP contribution in [-0.4, -0.2) is 49.7 Å². The number of nitrogens with zero attached hydrogens (tertiary/aromatic N) is 2. The number of methoxy groups -OCH3 is 2. The Labute approximate surface area is 181 Å². The Morgan fingerprint density at radius 3 is 2.65 bits per heavy atom. The summed E-state index contributed by atoms with van der Waals surface area (Å²) in [5.41, 5.74) is 2.59. The molecule has 2 aromatic carbocycles. The van der Waals surface area contributed by atoms with Gasteiger partial charge in [0.1, 0.15) is 17.2 Å². The summed E-state index contributed by atoms with van der Waals surface area (Å²) in [5.74, 6) is 1.75. The molecule has 0 unspecified atom stereocenters. The Bertz CT molecular complexity index is 1030. The smallest absolute Gasteiger partial charge is 0.255 e. The largest absolute Gasteiger partial charge is 0.497 e. The van der Waals surface area contributed by atoms with Crippen LogP contribution >= 0.6 is 0 Å². The maximum Gasteiger partial charge on any atom is 0.255 e. The number of ether oxygens (including phenoxy) is 3. The van der Waals surface area contributed by atoms with Crippen molar-refractivity contribution in [3.8, 4) is 28.4 Å². The molecule has 1 heterocycles. The highest BCUT2D eigenvalue weighted by Crippen LogP contribution is 2.35. The number of hydrogen-bond acceptors (Lipinski definition) is 5. The summed E-state index contributed by atoms with van der Waals surface area (Å²) in [6.45, 7) is 1.72. The molecular weight excluding hydrogens is 394 g/mol. The standard InChI is InChI=1S/C24H27N3O4/c1-29-19-10-11-20(22(14-19)30-2)23-21(15-27(26-23)18-6-4-3-5-7-18)24(28)25-12-13-31-16-17-8-9-17/h3-7,10-11,14-15,17H,8-9,12-13,16H2,1-2H3,(H,25,28). The fourth-order valence-electron chi connectivity index (χ4n) is 3.31. The molecule has 3 aromatic rings. The quantitative estimate of drug-likeness (QED) is 0.505. The number of aromatic nitrogens is 2. The van der Waals surface area contributed by atoms with Gasteiger partial charge in [-0.15, -0.1) is 0 Å². The first kappa shape index (κ1) is 20.9. The van der Waals surface area contributed by atoms with Gasteiger partial charge in [0.05, 0.1) is 32.1 Å². The molecule has 1 aliphatic carbocycles. The van der Waals surface area contributed by atoms with E-state index >= 15 is 0 Å². The maximum atomic E-state index is 13.0. The number of carbonyl (C=O) groups excluding carboxylic acids is 1. The summed E-state index contributed by atoms with van der Waals surface area (Å²) in [6, 6.07) is 15.1. The van der Waals surface area contributed by atoms with Crippen LogP contribution in [0, 0.1) is 5.92 Å². The van der Waals surface area contributed by atoms with Gasteiger partial charge < -0.3 is 19.5 Å². The second kappa shape index (κ2) is 9.66. The van der Waals surface area contributed by atoms with E-state index in [9.17, 15) is 4.79 Å². The third-order valence-corrected chi connectivity index (χ3v) is 5.23. The van der Waals surface area contributed by atoms with Crippen LogP contribution in [0.5, 0.6) is 11.5 Å². The SMILES string of the molecule is COc1ccc(-c2nn(-c3ccccc3)cc2C(=O)NCCOCC2CC2)c(OC)c1. The van der Waals surface area contributed by atoms with Crippen molar-refractivity contribution in [2.24, 2.45) is 5.92 Å². The van der Waals surface area contributed by atoms with Crippen molar-refractivity contribution < 1.29 is 19.0 Å². The summed E-state index contributed by atoms with van der Waals surface area (Å²) >= 11 is 0. The molecule has 7 heteroatoms. The average molecular weight is 421 g/mol. The van der Waals surface area contributed by atoms with Gasteiger partial charge in [0.15, 0.2) is 0 Å². The van der Waals surface area contributed by atoms with Gasteiger partial charge in [0.2, 0.25) is 0 Å². The lowest BCUT2D eigenvalue weighted by Crippen LogP contribution is -2.27. The summed E-state index contributed by atoms with van der Waals surface area (Å²) < 4.78 is 18.2. The van der Waals surface area contributed by atoms with Crippen LogP contribution in [0.4, 0.5) is 0 Å². The van der Waals surface area contributed by atoms with E-state index < -0.39 is 0 Å². The summed E-state index contributed by atoms with van der Waals surface area (Å²) in [7, 11) is 3.19. The van der Waals surface area contributed by atoms with Crippen molar-refractivity contribution in [2.45, 2.75) is 12.8 Å². The molecule has 0 radical (unpaired) electrons. The Hall–Kier alpha value is -3.32. The molecule has 1 amide bonds. The lowest BCUT2D eigenvalue weighted by atomic mass is 10.1. The molecule has 4 rings (SSSR count). The minimum absolute atomic E-state index is 0.204. The van der Waals surface area contributed by atoms with Gasteiger partial charge >= 0.3 is 0 Å². The van der Waals surface area contributed by atoms with E-state index in [1.807, 2.05) is 42.5 Å². The maximum absolute atomic E-state index is 13.0. The van der Waals surface area contributed by atoms with Gasteiger partial charge in [-0.2, -0.15) is 5.10 Å². The molecule has 31 heavy (non-hydrogen) atoms. The van der Waals surface area contributed by atoms with E-state index in [1.54, 1.807) is 31.2 Å². The number of carbonyl (C=O) groups is 1. The van der Waals surface area contributed by atoms with E-state index in [4.69, 9.17) is 19.3 Å². The minimum atomic E-state index is -0.204. The van der Waals surface area contributed by atoms with E-state index in [2.05, 4.69) is 5.32 Å². The zero-order valence-corrected chi connectivity index (χ0v) is 17.8. The van der Waals surface area contributed by atoms with Crippen LogP contribution in [0.15, 0.2) is 54.7 Å². The van der Waals surface area contributed by atoms with Crippen molar-refractivity contribution >= 4 is 5.91 Å². The number of hydrogen-bond donors (Lipinski definition) is 1. The van der Waals surface area contributed by atoms with Crippen LogP contribution in [-0.2, 0) is 4.74 Å². The summed E-state index contributed by atoms with van der Waals surface area (Å²) in [6.07, 6.45) is 4.24. The predicted molar refractivity (Wildman–Crippen MR) is 118 cm³/mol. The highest BCUT2D eigenvalue weighted by molar-refractivity contribution is 6.00. The Kier molecular flexibility index (Phi) is 6.52. The van der Waals surface area contributed by atoms with Gasteiger partial charge in [-0.05, 0) is 43.0 Å². The Balaban J connectivity index is 1.61. The number of nitrogens with one attached hydrogen (secondary N) is 1. The van der Waals surface area contributed by atoms with Crippen molar-refractivity contribution in [1.82, 2.24) is 15.1 Å². The Morgan fingerprint density at radius 2 is 1.94 bits per heavy atom. The molecule has 7 nitrogen and oxygen atoms in total. The molecule has 1 N–H and O–H groups in total. The zero-order chi connectivity index (χ0) is 21.6. The van der Waals surface area contributed by atoms with E-state index in [-0.39, 0.29) is 5.91 Å². The second-order valence-corrected chi connectivity index (χ2v) is 7.51. The van der Waals surface area contributed by atoms with Crippen LogP contribution in [0.1, 0.15) is 23.2 Å². The molecule has 0 spiro atoms. The topological polar surface area (TPSA) is 74.6 Å². The lowest BCUT2D eigenvalue weighted by Gasteiger charge is -2.10. The number of benzene rings is 2. The molecule has 1 saturated carbocycles. The first-order valence-corrected chi connectivity index (χ1v) is 10.4. The fourth-order valence-corrected chi connectivity index (χ4v) is 3.31. The van der Waals surface area contributed by atoms with Crippen molar-refractivity contribution in [1.29, 1.82) is 0 Å². The first-order valence-electron chi connectivity index (χ1n) is 10.4. The minimum Gasteiger partial charge on any atom is -0.497 e. The normalized spacial score (nSPS) is 13.1. The second-order valence-electron chi connectivity index (χ2n) is 7.51. The van der Waals surface area contributed by atoms with Gasteiger partial charge in [-0.25, -0.2) is 4.68 Å². The molecular formula is C24H27N3O4. The molecule has 0 atom stereocenters. The van der Waals surface area contributed by atoms with E-state index in [0.717, 1.165) is 12.3 Å². The first-order chi connectivity index (χ1) is 15.2. The van der Waals surface area contributed by atoms with Crippen LogP contribution < -0.4 is 14.8 Å². The molecule has 1 fully saturated rings. The molecule has 0 saturated heterocycles. The molecule has 1 aromatic heterocycles. The zero-order valence-electron chi connectivity index (χ0n) is 17.8. The third kappa shape index (κ3) is 5.06. The van der Waals surface area contributed by atoms with Gasteiger partial charge in [-0.3, -0.25) is 4.79 Å². The number of rotatable bonds is 10. The third-order valence-electron chi connectivity index (χ3n) is 5.23. The number of amides is 1. The van der Waals surface area contributed by atoms with Gasteiger partial charge in [0.25, 0.3) is 5.91 Å². The van der Waals surface area contributed by atoms with Crippen LogP contribution in [0.3, 0.4) is 0 Å². The molecule has 0 aliphatic heterocycles. The average Bonchev–Trinajstić information content (AvgIpc) is 3.54. The molecule has 1 aliphatic rings. The van der Waals surface area contributed by atoms with E-state index in [0.29, 0.717) is 47.4 Å². The summed E-state index contributed by atoms with van der Waals surface area (Å²) in [4.78, 5) is 13.0. The van der Waals surface area contributed by atoms with Crippen molar-refractivity contribution in [3.63, 3.8) is 0 Å². The van der Waals surface area contributed by atoms with Gasteiger partial charge in [-0.1, -0.05) is 18.2 Å². The van der Waals surface area contributed by atoms with Crippen molar-refractivity contribution in [2.75, 3.05) is 34.0 Å². The lowest BCUT2D eigenvalue weighted by molar-refractivity contribution is 0.0907. The fraction of sp³-hybridized carbons (Fsp3) is 0.333. The van der Waals surface area contributed by atoms with Gasteiger partial charge in [0, 0.05) is 31.0 Å². The highest BCUT2D eigenvalue weighted by Gasteiger charge is 2.22. The van der Waals surface area contributed by atoms with Crippen molar-refractivity contribution in [3.05, 3.63) is 60.3 Å². The predicted octanol–water partition coefficient (Wildman–Crippen LogP) is 3.71. The highest BCUT2D eigenvalue weighted by atomic mass is 16.5. The Morgan fingerprint density at radius 1 is 1.13 bits per heavy atom. The van der Waals surface area contributed by atoms with E-state index in [1.165, 1.54) is 12.8 Å². The number of para-hydroxylation sites is 1. The van der Waals surface area contributed by atoms with Crippen LogP contribution in [0.2, 0.25) is 0 Å². The molecule has 0 bridgehead atoms. The summed E-state index contributed by atoms with van der Waals surface area (Å²) in [5, 5.41) is 7.66.